The summed E-state index contributed by atoms with van der Waals surface area (Å²) in [6, 6.07) is 17.3. The fraction of sp³-hybridized carbons (Fsp3) is 0.176. The Hall–Kier alpha value is -3.02. The van der Waals surface area contributed by atoms with Crippen molar-refractivity contribution in [1.82, 2.24) is 4.90 Å². The number of benzene rings is 2. The molecule has 6 nitrogen and oxygen atoms in total. The highest BCUT2D eigenvalue weighted by Gasteiger charge is 2.54. The van der Waals surface area contributed by atoms with Gasteiger partial charge in [0, 0.05) is 0 Å². The Bertz CT molecular complexity index is 776. The SMILES string of the molecule is O=C1[C@@H]2[C@@H](N=NN2c2ccccc2)C(=O)N1Cc1ccccc1. The van der Waals surface area contributed by atoms with Gasteiger partial charge in [0.2, 0.25) is 0 Å². The maximum atomic E-state index is 12.7. The Balaban J connectivity index is 1.62. The zero-order valence-electron chi connectivity index (χ0n) is 12.2. The molecular weight excluding hydrogens is 292 g/mol. The molecule has 2 aromatic carbocycles. The Kier molecular flexibility index (Phi) is 3.15. The van der Waals surface area contributed by atoms with E-state index >= 15 is 0 Å². The first kappa shape index (κ1) is 13.6. The molecule has 6 heteroatoms. The molecule has 0 unspecified atom stereocenters. The average molecular weight is 306 g/mol. The lowest BCUT2D eigenvalue weighted by Gasteiger charge is -2.20. The zero-order valence-corrected chi connectivity index (χ0v) is 12.2. The number of para-hydroxylation sites is 1. The molecule has 0 aliphatic carbocycles. The van der Waals surface area contributed by atoms with E-state index in [1.807, 2.05) is 60.7 Å². The molecule has 2 heterocycles. The van der Waals surface area contributed by atoms with Gasteiger partial charge in [-0.15, -0.1) is 0 Å². The Morgan fingerprint density at radius 2 is 1.52 bits per heavy atom. The summed E-state index contributed by atoms with van der Waals surface area (Å²) >= 11 is 0. The largest absolute Gasteiger partial charge is 0.274 e. The van der Waals surface area contributed by atoms with Crippen LogP contribution in [0.15, 0.2) is 71.0 Å². The quantitative estimate of drug-likeness (QED) is 0.816. The second-order valence-corrected chi connectivity index (χ2v) is 5.52. The molecule has 2 aliphatic rings. The highest BCUT2D eigenvalue weighted by Crippen LogP contribution is 2.32. The molecule has 0 saturated carbocycles. The van der Waals surface area contributed by atoms with E-state index in [9.17, 15) is 9.59 Å². The van der Waals surface area contributed by atoms with E-state index < -0.39 is 12.1 Å². The second kappa shape index (κ2) is 5.31. The zero-order chi connectivity index (χ0) is 15.8. The number of imide groups is 1. The van der Waals surface area contributed by atoms with Gasteiger partial charge in [0.05, 0.1) is 12.2 Å². The summed E-state index contributed by atoms with van der Waals surface area (Å²) in [4.78, 5) is 26.5. The van der Waals surface area contributed by atoms with Crippen LogP contribution in [0.1, 0.15) is 5.56 Å². The van der Waals surface area contributed by atoms with E-state index in [4.69, 9.17) is 0 Å². The van der Waals surface area contributed by atoms with Gasteiger partial charge in [0.25, 0.3) is 11.8 Å². The lowest BCUT2D eigenvalue weighted by atomic mass is 10.1. The molecule has 0 bridgehead atoms. The van der Waals surface area contributed by atoms with Crippen LogP contribution >= 0.6 is 0 Å². The monoisotopic (exact) mass is 306 g/mol. The van der Waals surface area contributed by atoms with Crippen LogP contribution in [0.5, 0.6) is 0 Å². The summed E-state index contributed by atoms with van der Waals surface area (Å²) < 4.78 is 0. The van der Waals surface area contributed by atoms with Crippen LogP contribution in [0.2, 0.25) is 0 Å². The van der Waals surface area contributed by atoms with E-state index in [2.05, 4.69) is 10.3 Å². The maximum Gasteiger partial charge on any atom is 0.259 e. The minimum absolute atomic E-state index is 0.252. The van der Waals surface area contributed by atoms with E-state index in [-0.39, 0.29) is 18.4 Å². The van der Waals surface area contributed by atoms with Gasteiger partial charge in [0.15, 0.2) is 12.1 Å². The molecule has 1 saturated heterocycles. The van der Waals surface area contributed by atoms with Crippen LogP contribution in [-0.2, 0) is 16.1 Å². The fourth-order valence-corrected chi connectivity index (χ4v) is 2.93. The molecule has 1 fully saturated rings. The van der Waals surface area contributed by atoms with Gasteiger partial charge in [-0.05, 0) is 17.7 Å². The van der Waals surface area contributed by atoms with Crippen LogP contribution < -0.4 is 5.01 Å². The maximum absolute atomic E-state index is 12.7. The Morgan fingerprint density at radius 3 is 2.22 bits per heavy atom. The average Bonchev–Trinajstić information content (AvgIpc) is 3.13. The summed E-state index contributed by atoms with van der Waals surface area (Å²) in [7, 11) is 0. The van der Waals surface area contributed by atoms with Gasteiger partial charge in [0.1, 0.15) is 0 Å². The van der Waals surface area contributed by atoms with Gasteiger partial charge in [-0.25, -0.2) is 5.01 Å². The molecule has 0 spiro atoms. The summed E-state index contributed by atoms with van der Waals surface area (Å²) in [5, 5.41) is 9.58. The van der Waals surface area contributed by atoms with Gasteiger partial charge in [-0.3, -0.25) is 14.5 Å². The molecule has 2 amide bonds. The first-order valence-corrected chi connectivity index (χ1v) is 7.40. The Morgan fingerprint density at radius 1 is 0.870 bits per heavy atom. The highest BCUT2D eigenvalue weighted by atomic mass is 16.2. The van der Waals surface area contributed by atoms with Crippen molar-refractivity contribution in [1.29, 1.82) is 0 Å². The van der Waals surface area contributed by atoms with Gasteiger partial charge in [-0.1, -0.05) is 53.8 Å². The molecule has 114 valence electrons. The third-order valence-electron chi connectivity index (χ3n) is 4.08. The first-order chi connectivity index (χ1) is 11.3. The van der Waals surface area contributed by atoms with Crippen molar-refractivity contribution in [2.75, 3.05) is 5.01 Å². The predicted octanol–water partition coefficient (Wildman–Crippen LogP) is 2.18. The minimum Gasteiger partial charge on any atom is -0.274 e. The van der Waals surface area contributed by atoms with Crippen molar-refractivity contribution in [3.8, 4) is 0 Å². The summed E-state index contributed by atoms with van der Waals surface area (Å²) in [6.45, 7) is 0.268. The molecular formula is C17H14N4O2. The topological polar surface area (TPSA) is 65.3 Å². The van der Waals surface area contributed by atoms with Crippen molar-refractivity contribution in [3.05, 3.63) is 66.2 Å². The number of carbonyl (C=O) groups excluding carboxylic acids is 2. The number of amides is 2. The van der Waals surface area contributed by atoms with Gasteiger partial charge in [-0.2, -0.15) is 5.11 Å². The molecule has 0 radical (unpaired) electrons. The smallest absolute Gasteiger partial charge is 0.259 e. The van der Waals surface area contributed by atoms with Crippen LogP contribution in [0.4, 0.5) is 5.69 Å². The molecule has 23 heavy (non-hydrogen) atoms. The number of hydrogen-bond donors (Lipinski definition) is 0. The molecule has 2 aliphatic heterocycles. The fourth-order valence-electron chi connectivity index (χ4n) is 2.93. The number of carbonyl (C=O) groups is 2. The first-order valence-electron chi connectivity index (χ1n) is 7.40. The van der Waals surface area contributed by atoms with E-state index in [1.165, 1.54) is 9.91 Å². The van der Waals surface area contributed by atoms with Crippen molar-refractivity contribution >= 4 is 17.5 Å². The third-order valence-corrected chi connectivity index (χ3v) is 4.08. The number of likely N-dealkylation sites (tertiary alicyclic amines) is 1. The molecule has 2 atom stereocenters. The molecule has 0 aromatic heterocycles. The third kappa shape index (κ3) is 2.19. The van der Waals surface area contributed by atoms with Gasteiger partial charge >= 0.3 is 0 Å². The summed E-state index contributed by atoms with van der Waals surface area (Å²) in [5.74, 6) is -0.538. The van der Waals surface area contributed by atoms with Crippen molar-refractivity contribution in [2.24, 2.45) is 10.3 Å². The standard InChI is InChI=1S/C17H14N4O2/c22-16-14-15(21(19-18-14)13-9-5-2-6-10-13)17(23)20(16)11-12-7-3-1-4-8-12/h1-10,14-15H,11H2/t14-,15+/m1/s1. The molecule has 4 rings (SSSR count). The normalized spacial score (nSPS) is 22.8. The lowest BCUT2D eigenvalue weighted by Crippen LogP contribution is -2.39. The number of hydrogen-bond acceptors (Lipinski definition) is 5. The number of fused-ring (bicyclic) bond motifs is 1. The molecule has 2 aromatic rings. The van der Waals surface area contributed by atoms with Crippen molar-refractivity contribution in [3.63, 3.8) is 0 Å². The predicted molar refractivity (Wildman–Crippen MR) is 83.4 cm³/mol. The summed E-state index contributed by atoms with van der Waals surface area (Å²) in [5.41, 5.74) is 1.67. The van der Waals surface area contributed by atoms with E-state index in [0.717, 1.165) is 11.3 Å². The van der Waals surface area contributed by atoms with Crippen LogP contribution in [0, 0.1) is 0 Å². The van der Waals surface area contributed by atoms with E-state index in [0.29, 0.717) is 0 Å². The molecule has 0 N–H and O–H groups in total. The van der Waals surface area contributed by atoms with Crippen molar-refractivity contribution < 1.29 is 9.59 Å². The van der Waals surface area contributed by atoms with Crippen LogP contribution in [0.25, 0.3) is 0 Å². The number of rotatable bonds is 3. The highest BCUT2D eigenvalue weighted by molar-refractivity contribution is 6.10. The van der Waals surface area contributed by atoms with Gasteiger partial charge < -0.3 is 0 Å². The summed E-state index contributed by atoms with van der Waals surface area (Å²) in [6.07, 6.45) is 0. The van der Waals surface area contributed by atoms with E-state index in [1.54, 1.807) is 0 Å². The lowest BCUT2D eigenvalue weighted by molar-refractivity contribution is -0.139. The minimum atomic E-state index is -0.744. The number of nitrogens with zero attached hydrogens (tertiary/aromatic N) is 4. The second-order valence-electron chi connectivity index (χ2n) is 5.52. The van der Waals surface area contributed by atoms with Crippen molar-refractivity contribution in [2.45, 2.75) is 18.6 Å². The van der Waals surface area contributed by atoms with Crippen LogP contribution in [-0.4, -0.2) is 28.8 Å². The Labute approximate surface area is 133 Å². The van der Waals surface area contributed by atoms with Crippen LogP contribution in [0.3, 0.4) is 0 Å². The number of anilines is 1.